The largest absolute Gasteiger partial charge is 0.390 e. The molecular formula is C10H19NO4S. The van der Waals surface area contributed by atoms with Gasteiger partial charge in [-0.2, -0.15) is 0 Å². The molecule has 0 bridgehead atoms. The summed E-state index contributed by atoms with van der Waals surface area (Å²) in [6.45, 7) is 3.98. The van der Waals surface area contributed by atoms with Gasteiger partial charge in [0.25, 0.3) is 0 Å². The minimum Gasteiger partial charge on any atom is -0.390 e. The van der Waals surface area contributed by atoms with E-state index in [1.807, 2.05) is 0 Å². The second kappa shape index (κ2) is 4.33. The molecule has 1 aliphatic rings. The van der Waals surface area contributed by atoms with E-state index < -0.39 is 20.7 Å². The molecule has 1 rings (SSSR count). The van der Waals surface area contributed by atoms with Crippen LogP contribution in [0.15, 0.2) is 0 Å². The summed E-state index contributed by atoms with van der Waals surface area (Å²) in [4.78, 5) is 13.3. The van der Waals surface area contributed by atoms with Gasteiger partial charge in [0.05, 0.1) is 5.60 Å². The van der Waals surface area contributed by atoms with E-state index >= 15 is 0 Å². The van der Waals surface area contributed by atoms with Gasteiger partial charge in [0.15, 0.2) is 9.84 Å². The van der Waals surface area contributed by atoms with Gasteiger partial charge in [-0.05, 0) is 26.7 Å². The topological polar surface area (TPSA) is 74.7 Å². The van der Waals surface area contributed by atoms with Crippen molar-refractivity contribution >= 4 is 15.7 Å². The first-order valence-corrected chi connectivity index (χ1v) is 7.29. The van der Waals surface area contributed by atoms with E-state index in [1.54, 1.807) is 6.92 Å². The first-order valence-electron chi connectivity index (χ1n) is 5.33. The van der Waals surface area contributed by atoms with Crippen molar-refractivity contribution in [3.8, 4) is 0 Å². The zero-order valence-electron chi connectivity index (χ0n) is 9.93. The van der Waals surface area contributed by atoms with Crippen LogP contribution in [0.2, 0.25) is 0 Å². The maximum absolute atomic E-state index is 11.8. The summed E-state index contributed by atoms with van der Waals surface area (Å²) in [5.41, 5.74) is -0.731. The molecule has 1 fully saturated rings. The van der Waals surface area contributed by atoms with Crippen LogP contribution >= 0.6 is 0 Å². The molecule has 0 aliphatic carbocycles. The summed E-state index contributed by atoms with van der Waals surface area (Å²) >= 11 is 0. The van der Waals surface area contributed by atoms with E-state index in [0.717, 1.165) is 6.26 Å². The highest BCUT2D eigenvalue weighted by Crippen LogP contribution is 2.22. The van der Waals surface area contributed by atoms with Crippen molar-refractivity contribution in [2.75, 3.05) is 19.3 Å². The number of rotatable bonds is 2. The van der Waals surface area contributed by atoms with E-state index in [0.29, 0.717) is 25.9 Å². The Bertz CT molecular complexity index is 364. The van der Waals surface area contributed by atoms with Crippen LogP contribution in [-0.4, -0.2) is 54.5 Å². The lowest BCUT2D eigenvalue weighted by atomic mass is 9.94. The highest BCUT2D eigenvalue weighted by Gasteiger charge is 2.34. The van der Waals surface area contributed by atoms with E-state index in [4.69, 9.17) is 0 Å². The van der Waals surface area contributed by atoms with Crippen LogP contribution < -0.4 is 0 Å². The molecular weight excluding hydrogens is 230 g/mol. The highest BCUT2D eigenvalue weighted by molar-refractivity contribution is 7.92. The van der Waals surface area contributed by atoms with Crippen LogP contribution in [0.4, 0.5) is 0 Å². The van der Waals surface area contributed by atoms with E-state index in [1.165, 1.54) is 11.8 Å². The Morgan fingerprint density at radius 3 is 2.19 bits per heavy atom. The molecule has 1 atom stereocenters. The van der Waals surface area contributed by atoms with Gasteiger partial charge in [0, 0.05) is 19.3 Å². The van der Waals surface area contributed by atoms with Crippen molar-refractivity contribution in [2.24, 2.45) is 0 Å². The molecule has 0 aromatic rings. The maximum Gasteiger partial charge on any atom is 0.240 e. The molecule has 0 radical (unpaired) electrons. The number of hydrogen-bond acceptors (Lipinski definition) is 4. The van der Waals surface area contributed by atoms with Crippen molar-refractivity contribution in [3.63, 3.8) is 0 Å². The molecule has 1 saturated heterocycles. The second-order valence-corrected chi connectivity index (χ2v) is 7.16. The van der Waals surface area contributed by atoms with Crippen molar-refractivity contribution in [1.29, 1.82) is 0 Å². The van der Waals surface area contributed by atoms with Gasteiger partial charge < -0.3 is 10.0 Å². The van der Waals surface area contributed by atoms with Crippen molar-refractivity contribution in [1.82, 2.24) is 4.90 Å². The Kier molecular flexibility index (Phi) is 3.64. The molecule has 1 aliphatic heterocycles. The number of nitrogens with zero attached hydrogens (tertiary/aromatic N) is 1. The third kappa shape index (κ3) is 3.18. The van der Waals surface area contributed by atoms with Gasteiger partial charge in [-0.1, -0.05) is 0 Å². The lowest BCUT2D eigenvalue weighted by Crippen LogP contribution is -2.49. The van der Waals surface area contributed by atoms with E-state index in [-0.39, 0.29) is 5.91 Å². The Hall–Kier alpha value is -0.620. The Morgan fingerprint density at radius 2 is 1.81 bits per heavy atom. The number of sulfone groups is 1. The molecule has 1 heterocycles. The molecule has 16 heavy (non-hydrogen) atoms. The normalized spacial score (nSPS) is 22.9. The molecule has 1 amide bonds. The average molecular weight is 249 g/mol. The van der Waals surface area contributed by atoms with Gasteiger partial charge in [-0.15, -0.1) is 0 Å². The first kappa shape index (κ1) is 13.4. The molecule has 1 N–H and O–H groups in total. The van der Waals surface area contributed by atoms with E-state index in [9.17, 15) is 18.3 Å². The fraction of sp³-hybridized carbons (Fsp3) is 0.900. The molecule has 1 unspecified atom stereocenters. The Balaban J connectivity index is 2.65. The summed E-state index contributed by atoms with van der Waals surface area (Å²) in [6, 6.07) is 0. The summed E-state index contributed by atoms with van der Waals surface area (Å²) in [6.07, 6.45) is 2.06. The summed E-state index contributed by atoms with van der Waals surface area (Å²) in [7, 11) is -3.33. The van der Waals surface area contributed by atoms with Gasteiger partial charge in [0.1, 0.15) is 5.25 Å². The van der Waals surface area contributed by atoms with Gasteiger partial charge >= 0.3 is 0 Å². The van der Waals surface area contributed by atoms with E-state index in [2.05, 4.69) is 0 Å². The minimum atomic E-state index is -3.33. The summed E-state index contributed by atoms with van der Waals surface area (Å²) in [5, 5.41) is 8.73. The number of amides is 1. The third-order valence-electron chi connectivity index (χ3n) is 3.14. The first-order chi connectivity index (χ1) is 7.13. The molecule has 0 aromatic heterocycles. The predicted octanol–water partition coefficient (Wildman–Crippen LogP) is -0.207. The lowest BCUT2D eigenvalue weighted by Gasteiger charge is -2.36. The van der Waals surface area contributed by atoms with Crippen molar-refractivity contribution in [2.45, 2.75) is 37.5 Å². The van der Waals surface area contributed by atoms with Crippen LogP contribution in [0.3, 0.4) is 0 Å². The zero-order valence-corrected chi connectivity index (χ0v) is 10.7. The average Bonchev–Trinajstić information content (AvgIpc) is 2.14. The number of aliphatic hydroxyl groups is 1. The quantitative estimate of drug-likeness (QED) is 0.735. The van der Waals surface area contributed by atoms with Crippen LogP contribution in [-0.2, 0) is 14.6 Å². The molecule has 0 spiro atoms. The predicted molar refractivity (Wildman–Crippen MR) is 60.7 cm³/mol. The number of piperidine rings is 1. The SMILES string of the molecule is CC(C(=O)N1CCC(C)(O)CC1)S(C)(=O)=O. The number of carbonyl (C=O) groups excluding carboxylic acids is 1. The van der Waals surface area contributed by atoms with Gasteiger partial charge in [-0.3, -0.25) is 4.79 Å². The van der Waals surface area contributed by atoms with Crippen molar-refractivity contribution < 1.29 is 18.3 Å². The fourth-order valence-corrected chi connectivity index (χ4v) is 2.16. The van der Waals surface area contributed by atoms with Crippen LogP contribution in [0, 0.1) is 0 Å². The highest BCUT2D eigenvalue weighted by atomic mass is 32.2. The number of carbonyl (C=O) groups is 1. The molecule has 0 saturated carbocycles. The third-order valence-corrected chi connectivity index (χ3v) is 4.63. The maximum atomic E-state index is 11.8. The molecule has 6 heteroatoms. The Labute approximate surface area is 96.4 Å². The van der Waals surface area contributed by atoms with Crippen molar-refractivity contribution in [3.05, 3.63) is 0 Å². The Morgan fingerprint density at radius 1 is 1.38 bits per heavy atom. The summed E-state index contributed by atoms with van der Waals surface area (Å²) < 4.78 is 22.5. The monoisotopic (exact) mass is 249 g/mol. The standard InChI is InChI=1S/C10H19NO4S/c1-8(16(3,14)15)9(12)11-6-4-10(2,13)5-7-11/h8,13H,4-7H2,1-3H3. The molecule has 0 aromatic carbocycles. The molecule has 5 nitrogen and oxygen atoms in total. The fourth-order valence-electron chi connectivity index (χ4n) is 1.65. The van der Waals surface area contributed by atoms with Crippen LogP contribution in [0.5, 0.6) is 0 Å². The molecule has 94 valence electrons. The minimum absolute atomic E-state index is 0.363. The smallest absolute Gasteiger partial charge is 0.240 e. The summed E-state index contributed by atoms with van der Waals surface area (Å²) in [5.74, 6) is -0.363. The number of hydrogen-bond donors (Lipinski definition) is 1. The second-order valence-electron chi connectivity index (χ2n) is 4.79. The zero-order chi connectivity index (χ0) is 12.6. The lowest BCUT2D eigenvalue weighted by molar-refractivity contribution is -0.134. The van der Waals surface area contributed by atoms with Crippen LogP contribution in [0.25, 0.3) is 0 Å². The van der Waals surface area contributed by atoms with Gasteiger partial charge in [0.2, 0.25) is 5.91 Å². The van der Waals surface area contributed by atoms with Crippen LogP contribution in [0.1, 0.15) is 26.7 Å². The number of likely N-dealkylation sites (tertiary alicyclic amines) is 1. The van der Waals surface area contributed by atoms with Gasteiger partial charge in [-0.25, -0.2) is 8.42 Å².